The molecule has 196 valence electrons. The minimum Gasteiger partial charge on any atom is -0.349 e. The van der Waals surface area contributed by atoms with Crippen LogP contribution in [0.5, 0.6) is 0 Å². The lowest BCUT2D eigenvalue weighted by Crippen LogP contribution is -2.43. The molecule has 6 nitrogen and oxygen atoms in total. The van der Waals surface area contributed by atoms with E-state index in [1.807, 2.05) is 6.07 Å². The molecule has 10 heteroatoms. The fraction of sp³-hybridized carbons (Fsp3) is 0.615. The summed E-state index contributed by atoms with van der Waals surface area (Å²) in [6, 6.07) is 3.53. The molecule has 1 N–H and O–H groups in total. The van der Waals surface area contributed by atoms with Gasteiger partial charge in [-0.25, -0.2) is 14.4 Å². The summed E-state index contributed by atoms with van der Waals surface area (Å²) in [6.07, 6.45) is 1.67. The van der Waals surface area contributed by atoms with Gasteiger partial charge in [0.25, 0.3) is 5.91 Å². The van der Waals surface area contributed by atoms with Crippen LogP contribution in [-0.2, 0) is 19.3 Å². The van der Waals surface area contributed by atoms with E-state index >= 15 is 4.39 Å². The Morgan fingerprint density at radius 2 is 1.83 bits per heavy atom. The molecule has 2 aliphatic rings. The number of nitrogens with one attached hydrogen (secondary N) is 1. The summed E-state index contributed by atoms with van der Waals surface area (Å²) < 4.78 is 53.2. The average molecular weight is 508 g/mol. The highest BCUT2D eigenvalue weighted by atomic mass is 19.4. The molecule has 0 saturated heterocycles. The Labute approximate surface area is 208 Å². The number of halogens is 4. The van der Waals surface area contributed by atoms with E-state index in [1.54, 1.807) is 13.0 Å². The number of amides is 1. The van der Waals surface area contributed by atoms with Gasteiger partial charge in [-0.15, -0.1) is 0 Å². The third-order valence-electron chi connectivity index (χ3n) is 7.29. The highest BCUT2D eigenvalue weighted by Gasteiger charge is 2.36. The summed E-state index contributed by atoms with van der Waals surface area (Å²) in [5, 5.41) is 2.97. The van der Waals surface area contributed by atoms with E-state index in [-0.39, 0.29) is 18.4 Å². The number of rotatable bonds is 7. The predicted octanol–water partition coefficient (Wildman–Crippen LogP) is 4.55. The van der Waals surface area contributed by atoms with Gasteiger partial charge in [0.05, 0.1) is 5.56 Å². The molecule has 1 amide bonds. The van der Waals surface area contributed by atoms with Crippen LogP contribution in [0.15, 0.2) is 24.5 Å². The van der Waals surface area contributed by atoms with Crippen molar-refractivity contribution in [2.75, 3.05) is 19.6 Å². The van der Waals surface area contributed by atoms with Crippen molar-refractivity contribution in [1.29, 1.82) is 0 Å². The van der Waals surface area contributed by atoms with Crippen LogP contribution >= 0.6 is 0 Å². The van der Waals surface area contributed by atoms with Gasteiger partial charge < -0.3 is 10.2 Å². The fourth-order valence-electron chi connectivity index (χ4n) is 4.97. The number of fused-ring (bicyclic) bond motifs is 1. The first kappa shape index (κ1) is 26.4. The number of hydrogen-bond donors (Lipinski definition) is 1. The van der Waals surface area contributed by atoms with Crippen molar-refractivity contribution in [2.24, 2.45) is 0 Å². The molecule has 0 radical (unpaired) electrons. The van der Waals surface area contributed by atoms with E-state index in [0.717, 1.165) is 30.8 Å². The second-order valence-corrected chi connectivity index (χ2v) is 10.0. The second-order valence-electron chi connectivity index (χ2n) is 10.0. The van der Waals surface area contributed by atoms with Crippen molar-refractivity contribution >= 4 is 5.91 Å². The van der Waals surface area contributed by atoms with Crippen molar-refractivity contribution < 1.29 is 22.4 Å². The molecule has 0 aromatic carbocycles. The lowest BCUT2D eigenvalue weighted by molar-refractivity contribution is -0.134. The summed E-state index contributed by atoms with van der Waals surface area (Å²) in [7, 11) is 0. The number of carbonyl (C=O) groups excluding carboxylic acids is 1. The third kappa shape index (κ3) is 7.44. The Morgan fingerprint density at radius 3 is 2.53 bits per heavy atom. The SMILES string of the molecule is Cc1ncc(C(=O)NC2CCC(F)(CCN3CCc4ccc(CCC(F)(F)F)nc4CC3)CC2)cn1. The summed E-state index contributed by atoms with van der Waals surface area (Å²) in [4.78, 5) is 27.2. The topological polar surface area (TPSA) is 71.0 Å². The minimum atomic E-state index is -4.19. The lowest BCUT2D eigenvalue weighted by atomic mass is 9.81. The number of nitrogens with zero attached hydrogens (tertiary/aromatic N) is 4. The highest BCUT2D eigenvalue weighted by molar-refractivity contribution is 5.93. The highest BCUT2D eigenvalue weighted by Crippen LogP contribution is 2.35. The Bertz CT molecular complexity index is 1040. The van der Waals surface area contributed by atoms with E-state index in [2.05, 4.69) is 25.2 Å². The monoisotopic (exact) mass is 507 g/mol. The Kier molecular flexibility index (Phi) is 8.22. The minimum absolute atomic E-state index is 0.0621. The average Bonchev–Trinajstić information content (AvgIpc) is 3.05. The number of aromatic nitrogens is 3. The molecule has 36 heavy (non-hydrogen) atoms. The molecule has 0 spiro atoms. The first-order valence-electron chi connectivity index (χ1n) is 12.6. The molecule has 4 rings (SSSR count). The van der Waals surface area contributed by atoms with Gasteiger partial charge in [0.1, 0.15) is 11.5 Å². The molecule has 2 aromatic rings. The molecule has 1 aliphatic carbocycles. The molecule has 3 heterocycles. The molecule has 1 aliphatic heterocycles. The van der Waals surface area contributed by atoms with Crippen LogP contribution < -0.4 is 5.32 Å². The zero-order valence-corrected chi connectivity index (χ0v) is 20.6. The van der Waals surface area contributed by atoms with E-state index < -0.39 is 18.3 Å². The van der Waals surface area contributed by atoms with E-state index in [4.69, 9.17) is 0 Å². The standard InChI is InChI=1S/C26H33F4N5O/c1-18-31-16-20(17-32-18)24(36)34-22-4-9-25(27,10-5-22)12-15-35-13-7-19-2-3-21(6-11-26(28,29)30)33-23(19)8-14-35/h2-3,16-17,22H,4-15H2,1H3,(H,34,36). The van der Waals surface area contributed by atoms with Crippen LogP contribution in [0.2, 0.25) is 0 Å². The van der Waals surface area contributed by atoms with Gasteiger partial charge in [-0.1, -0.05) is 6.07 Å². The molecule has 0 atom stereocenters. The van der Waals surface area contributed by atoms with Gasteiger partial charge in [0.2, 0.25) is 0 Å². The lowest BCUT2D eigenvalue weighted by Gasteiger charge is -2.35. The van der Waals surface area contributed by atoms with Gasteiger partial charge >= 0.3 is 6.18 Å². The van der Waals surface area contributed by atoms with E-state index in [9.17, 15) is 18.0 Å². The molecule has 2 aromatic heterocycles. The molecule has 1 fully saturated rings. The summed E-state index contributed by atoms with van der Waals surface area (Å²) >= 11 is 0. The fourth-order valence-corrected chi connectivity index (χ4v) is 4.97. The molecule has 0 unspecified atom stereocenters. The van der Waals surface area contributed by atoms with Crippen molar-refractivity contribution in [1.82, 2.24) is 25.2 Å². The van der Waals surface area contributed by atoms with Crippen molar-refractivity contribution in [3.63, 3.8) is 0 Å². The smallest absolute Gasteiger partial charge is 0.349 e. The first-order chi connectivity index (χ1) is 17.1. The van der Waals surface area contributed by atoms with Crippen molar-refractivity contribution in [2.45, 2.75) is 82.6 Å². The van der Waals surface area contributed by atoms with Gasteiger partial charge in [-0.05, 0) is 63.5 Å². The number of hydrogen-bond acceptors (Lipinski definition) is 5. The maximum Gasteiger partial charge on any atom is 0.389 e. The molecular formula is C26H33F4N5O. The first-order valence-corrected chi connectivity index (χ1v) is 12.6. The van der Waals surface area contributed by atoms with Crippen LogP contribution in [0, 0.1) is 6.92 Å². The van der Waals surface area contributed by atoms with E-state index in [0.29, 0.717) is 62.2 Å². The Balaban J connectivity index is 1.22. The summed E-state index contributed by atoms with van der Waals surface area (Å²) in [6.45, 7) is 3.88. The Morgan fingerprint density at radius 1 is 1.14 bits per heavy atom. The largest absolute Gasteiger partial charge is 0.389 e. The predicted molar refractivity (Wildman–Crippen MR) is 127 cm³/mol. The normalized spacial score (nSPS) is 23.1. The Hall–Kier alpha value is -2.62. The van der Waals surface area contributed by atoms with E-state index in [1.165, 1.54) is 12.4 Å². The number of alkyl halides is 4. The maximum absolute atomic E-state index is 15.5. The van der Waals surface area contributed by atoms with Crippen LogP contribution in [0.4, 0.5) is 17.6 Å². The number of aryl methyl sites for hydroxylation is 2. The zero-order valence-electron chi connectivity index (χ0n) is 20.6. The van der Waals surface area contributed by atoms with Gasteiger partial charge in [0, 0.05) is 62.3 Å². The van der Waals surface area contributed by atoms with Crippen LogP contribution in [0.1, 0.15) is 71.7 Å². The van der Waals surface area contributed by atoms with Gasteiger partial charge in [-0.3, -0.25) is 9.78 Å². The number of pyridine rings is 1. The quantitative estimate of drug-likeness (QED) is 0.557. The van der Waals surface area contributed by atoms with Crippen LogP contribution in [0.3, 0.4) is 0 Å². The summed E-state index contributed by atoms with van der Waals surface area (Å²) in [5.41, 5.74) is 1.56. The van der Waals surface area contributed by atoms with Crippen LogP contribution in [0.25, 0.3) is 0 Å². The number of carbonyl (C=O) groups is 1. The molecular weight excluding hydrogens is 474 g/mol. The van der Waals surface area contributed by atoms with Crippen molar-refractivity contribution in [3.8, 4) is 0 Å². The van der Waals surface area contributed by atoms with Gasteiger partial charge in [0.15, 0.2) is 0 Å². The summed E-state index contributed by atoms with van der Waals surface area (Å²) in [5.74, 6) is 0.368. The maximum atomic E-state index is 15.5. The third-order valence-corrected chi connectivity index (χ3v) is 7.29. The van der Waals surface area contributed by atoms with Crippen LogP contribution in [-0.4, -0.2) is 63.3 Å². The van der Waals surface area contributed by atoms with Crippen molar-refractivity contribution in [3.05, 3.63) is 52.9 Å². The second kappa shape index (κ2) is 11.2. The zero-order chi connectivity index (χ0) is 25.8. The van der Waals surface area contributed by atoms with Gasteiger partial charge in [-0.2, -0.15) is 13.2 Å². The molecule has 1 saturated carbocycles. The molecule has 0 bridgehead atoms.